The largest absolute Gasteiger partial charge is 0.489 e. The van der Waals surface area contributed by atoms with E-state index in [0.29, 0.717) is 31.9 Å². The van der Waals surface area contributed by atoms with Crippen LogP contribution < -0.4 is 19.6 Å². The molecule has 186 valence electrons. The van der Waals surface area contributed by atoms with Crippen molar-refractivity contribution in [3.05, 3.63) is 132 Å². The van der Waals surface area contributed by atoms with E-state index in [4.69, 9.17) is 9.47 Å². The molecule has 0 fully saturated rings. The first-order chi connectivity index (χ1) is 18.0. The zero-order chi connectivity index (χ0) is 25.9. The highest BCUT2D eigenvalue weighted by molar-refractivity contribution is 7.07. The van der Waals surface area contributed by atoms with Crippen molar-refractivity contribution in [2.45, 2.75) is 19.6 Å². The third-order valence-corrected chi connectivity index (χ3v) is 7.06. The maximum atomic E-state index is 13.8. The van der Waals surface area contributed by atoms with Crippen LogP contribution in [0.1, 0.15) is 29.7 Å². The van der Waals surface area contributed by atoms with Crippen LogP contribution in [0.3, 0.4) is 0 Å². The molecule has 4 aromatic rings. The first kappa shape index (κ1) is 24.4. The van der Waals surface area contributed by atoms with Crippen molar-refractivity contribution in [3.8, 4) is 5.75 Å². The Morgan fingerprint density at radius 3 is 2.46 bits per heavy atom. The van der Waals surface area contributed by atoms with Crippen molar-refractivity contribution in [1.82, 2.24) is 4.57 Å². The summed E-state index contributed by atoms with van der Waals surface area (Å²) in [6.07, 6.45) is 1.78. The number of esters is 1. The van der Waals surface area contributed by atoms with Gasteiger partial charge in [0.2, 0.25) is 0 Å². The number of ether oxygens (including phenoxy) is 2. The van der Waals surface area contributed by atoms with E-state index >= 15 is 0 Å². The van der Waals surface area contributed by atoms with Crippen LogP contribution in [0.25, 0.3) is 6.08 Å². The van der Waals surface area contributed by atoms with Gasteiger partial charge in [-0.25, -0.2) is 14.2 Å². The van der Waals surface area contributed by atoms with E-state index in [0.717, 1.165) is 11.1 Å². The van der Waals surface area contributed by atoms with Crippen LogP contribution in [-0.4, -0.2) is 17.6 Å². The zero-order valence-corrected chi connectivity index (χ0v) is 21.0. The minimum absolute atomic E-state index is 0.117. The van der Waals surface area contributed by atoms with Gasteiger partial charge in [0.25, 0.3) is 5.56 Å². The van der Waals surface area contributed by atoms with Crippen molar-refractivity contribution >= 4 is 23.4 Å². The standard InChI is InChI=1S/C29H23FN2O4S/c1-18-25(28(34)35-2)26(20-8-4-3-5-9-20)32-27(33)24(37-29(32)31-18)16-19-12-14-22(15-13-19)36-17-21-10-6-7-11-23(21)30/h3-16,26H,17H2,1-2H3. The number of carbonyl (C=O) groups is 1. The highest BCUT2D eigenvalue weighted by Gasteiger charge is 2.32. The average Bonchev–Trinajstić information content (AvgIpc) is 3.22. The number of thiazole rings is 1. The van der Waals surface area contributed by atoms with Gasteiger partial charge in [-0.15, -0.1) is 0 Å². The van der Waals surface area contributed by atoms with Gasteiger partial charge in [0, 0.05) is 5.56 Å². The molecule has 5 rings (SSSR count). The Hall–Kier alpha value is -4.30. The molecule has 0 saturated heterocycles. The fourth-order valence-electron chi connectivity index (χ4n) is 4.23. The van der Waals surface area contributed by atoms with Gasteiger partial charge in [0.1, 0.15) is 18.2 Å². The summed E-state index contributed by atoms with van der Waals surface area (Å²) in [6.45, 7) is 1.87. The van der Waals surface area contributed by atoms with Gasteiger partial charge < -0.3 is 9.47 Å². The molecule has 0 radical (unpaired) electrons. The molecule has 2 heterocycles. The Bertz CT molecular complexity index is 1670. The molecular weight excluding hydrogens is 491 g/mol. The van der Waals surface area contributed by atoms with Crippen LogP contribution in [0.4, 0.5) is 4.39 Å². The second kappa shape index (κ2) is 10.4. The highest BCUT2D eigenvalue weighted by Crippen LogP contribution is 2.30. The monoisotopic (exact) mass is 514 g/mol. The minimum Gasteiger partial charge on any atom is -0.489 e. The number of hydrogen-bond acceptors (Lipinski definition) is 6. The third-order valence-electron chi connectivity index (χ3n) is 6.07. The number of carbonyl (C=O) groups excluding carboxylic acids is 1. The SMILES string of the molecule is COC(=O)C1=C(C)N=c2sc(=Cc3ccc(OCc4ccccc4F)cc3)c(=O)n2C1c1ccccc1. The summed E-state index contributed by atoms with van der Waals surface area (Å²) >= 11 is 1.26. The van der Waals surface area contributed by atoms with Gasteiger partial charge in [-0.2, -0.15) is 0 Å². The maximum Gasteiger partial charge on any atom is 0.338 e. The molecule has 1 aliphatic rings. The summed E-state index contributed by atoms with van der Waals surface area (Å²) in [5.41, 5.74) is 2.67. The minimum atomic E-state index is -0.638. The summed E-state index contributed by atoms with van der Waals surface area (Å²) < 4.78 is 26.6. The normalized spacial score (nSPS) is 15.2. The molecule has 0 amide bonds. The lowest BCUT2D eigenvalue weighted by Crippen LogP contribution is -2.39. The van der Waals surface area contributed by atoms with Crippen molar-refractivity contribution in [2.24, 2.45) is 4.99 Å². The highest BCUT2D eigenvalue weighted by atomic mass is 32.1. The lowest BCUT2D eigenvalue weighted by molar-refractivity contribution is -0.136. The van der Waals surface area contributed by atoms with E-state index in [1.165, 1.54) is 24.5 Å². The number of rotatable bonds is 6. The predicted molar refractivity (Wildman–Crippen MR) is 139 cm³/mol. The zero-order valence-electron chi connectivity index (χ0n) is 20.2. The number of aromatic nitrogens is 1. The molecule has 37 heavy (non-hydrogen) atoms. The topological polar surface area (TPSA) is 69.9 Å². The van der Waals surface area contributed by atoms with Crippen LogP contribution in [0.15, 0.2) is 99.9 Å². The average molecular weight is 515 g/mol. The van der Waals surface area contributed by atoms with Gasteiger partial charge in [-0.3, -0.25) is 9.36 Å². The molecule has 6 nitrogen and oxygen atoms in total. The molecule has 0 saturated carbocycles. The number of allylic oxidation sites excluding steroid dienone is 1. The number of benzene rings is 3. The smallest absolute Gasteiger partial charge is 0.338 e. The van der Waals surface area contributed by atoms with Crippen molar-refractivity contribution in [2.75, 3.05) is 7.11 Å². The second-order valence-electron chi connectivity index (χ2n) is 8.43. The van der Waals surface area contributed by atoms with E-state index in [9.17, 15) is 14.0 Å². The Morgan fingerprint density at radius 1 is 1.05 bits per heavy atom. The van der Waals surface area contributed by atoms with E-state index in [1.807, 2.05) is 42.5 Å². The lowest BCUT2D eigenvalue weighted by Gasteiger charge is -2.24. The Balaban J connectivity index is 1.49. The summed E-state index contributed by atoms with van der Waals surface area (Å²) in [4.78, 5) is 31.3. The number of nitrogens with zero attached hydrogens (tertiary/aromatic N) is 2. The van der Waals surface area contributed by atoms with Gasteiger partial charge in [-0.05, 0) is 42.3 Å². The maximum absolute atomic E-state index is 13.8. The fourth-order valence-corrected chi connectivity index (χ4v) is 5.28. The quantitative estimate of drug-likeness (QED) is 0.363. The molecule has 0 N–H and O–H groups in total. The van der Waals surface area contributed by atoms with Gasteiger partial charge >= 0.3 is 5.97 Å². The van der Waals surface area contributed by atoms with Crippen LogP contribution >= 0.6 is 11.3 Å². The molecule has 1 atom stereocenters. The Kier molecular flexibility index (Phi) is 6.83. The Labute approximate surface area is 216 Å². The van der Waals surface area contributed by atoms with Gasteiger partial charge in [-0.1, -0.05) is 72.0 Å². The summed E-state index contributed by atoms with van der Waals surface area (Å²) in [6, 6.07) is 22.4. The predicted octanol–water partition coefficient (Wildman–Crippen LogP) is 4.13. The third kappa shape index (κ3) is 4.88. The van der Waals surface area contributed by atoms with Crippen LogP contribution in [-0.2, 0) is 16.1 Å². The molecule has 3 aromatic carbocycles. The fraction of sp³-hybridized carbons (Fsp3) is 0.138. The molecule has 1 aliphatic heterocycles. The number of hydrogen-bond donors (Lipinski definition) is 0. The molecule has 8 heteroatoms. The molecule has 0 bridgehead atoms. The first-order valence-corrected chi connectivity index (χ1v) is 12.4. The van der Waals surface area contributed by atoms with Gasteiger partial charge in [0.15, 0.2) is 4.80 Å². The van der Waals surface area contributed by atoms with Crippen molar-refractivity contribution in [1.29, 1.82) is 0 Å². The Morgan fingerprint density at radius 2 is 1.76 bits per heavy atom. The van der Waals surface area contributed by atoms with Crippen LogP contribution in [0.5, 0.6) is 5.75 Å². The molecule has 0 spiro atoms. The van der Waals surface area contributed by atoms with E-state index in [1.54, 1.807) is 47.9 Å². The van der Waals surface area contributed by atoms with Gasteiger partial charge in [0.05, 0.1) is 29.0 Å². The molecular formula is C29H23FN2O4S. The van der Waals surface area contributed by atoms with Crippen molar-refractivity contribution in [3.63, 3.8) is 0 Å². The first-order valence-electron chi connectivity index (χ1n) is 11.6. The number of methoxy groups -OCH3 is 1. The second-order valence-corrected chi connectivity index (χ2v) is 9.44. The summed E-state index contributed by atoms with van der Waals surface area (Å²) in [5.74, 6) is -0.242. The van der Waals surface area contributed by atoms with Crippen LogP contribution in [0, 0.1) is 5.82 Å². The number of fused-ring (bicyclic) bond motifs is 1. The number of halogens is 1. The van der Waals surface area contributed by atoms with E-state index in [-0.39, 0.29) is 18.0 Å². The van der Waals surface area contributed by atoms with E-state index in [2.05, 4.69) is 4.99 Å². The molecule has 1 aromatic heterocycles. The lowest BCUT2D eigenvalue weighted by atomic mass is 9.96. The van der Waals surface area contributed by atoms with Crippen molar-refractivity contribution < 1.29 is 18.7 Å². The molecule has 0 aliphatic carbocycles. The molecule has 1 unspecified atom stereocenters. The van der Waals surface area contributed by atoms with Crippen LogP contribution in [0.2, 0.25) is 0 Å². The summed E-state index contributed by atoms with van der Waals surface area (Å²) in [7, 11) is 1.32. The van der Waals surface area contributed by atoms with E-state index < -0.39 is 12.0 Å². The summed E-state index contributed by atoms with van der Waals surface area (Å²) in [5, 5.41) is 0.